The Morgan fingerprint density at radius 3 is 2.70 bits per heavy atom. The van der Waals surface area contributed by atoms with E-state index in [0.717, 1.165) is 31.4 Å². The van der Waals surface area contributed by atoms with Crippen LogP contribution in [-0.2, 0) is 13.6 Å². The maximum absolute atomic E-state index is 4.58. The molecule has 1 saturated heterocycles. The largest absolute Gasteiger partial charge is 0.357 e. The molecule has 1 unspecified atom stereocenters. The Hall–Kier alpha value is -0.900. The van der Waals surface area contributed by atoms with E-state index < -0.39 is 0 Å². The number of hydrogen-bond donors (Lipinski definition) is 2. The van der Waals surface area contributed by atoms with Crippen LogP contribution in [0.15, 0.2) is 11.3 Å². The average molecular weight is 435 g/mol. The number of rotatable bonds is 7. The van der Waals surface area contributed by atoms with Gasteiger partial charge in [-0.25, -0.2) is 9.98 Å². The SMILES string of the molecule is CCNC(=NCc1ncnn1C)NCC(C)CN1CCCC1.I. The van der Waals surface area contributed by atoms with Crippen molar-refractivity contribution in [2.24, 2.45) is 18.0 Å². The van der Waals surface area contributed by atoms with Gasteiger partial charge in [0.15, 0.2) is 5.96 Å². The smallest absolute Gasteiger partial charge is 0.191 e. The molecule has 7 nitrogen and oxygen atoms in total. The van der Waals surface area contributed by atoms with E-state index in [1.807, 2.05) is 7.05 Å². The molecule has 0 saturated carbocycles. The maximum Gasteiger partial charge on any atom is 0.191 e. The Balaban J connectivity index is 0.00000264. The van der Waals surface area contributed by atoms with E-state index in [1.54, 1.807) is 11.0 Å². The minimum atomic E-state index is 0. The Morgan fingerprint density at radius 1 is 1.35 bits per heavy atom. The molecule has 0 aliphatic carbocycles. The number of aliphatic imine (C=N–C) groups is 1. The molecular weight excluding hydrogens is 405 g/mol. The van der Waals surface area contributed by atoms with Gasteiger partial charge >= 0.3 is 0 Å². The van der Waals surface area contributed by atoms with Gasteiger partial charge in [-0.15, -0.1) is 24.0 Å². The number of guanidine groups is 1. The molecule has 132 valence electrons. The van der Waals surface area contributed by atoms with Gasteiger partial charge in [-0.05, 0) is 38.8 Å². The van der Waals surface area contributed by atoms with Gasteiger partial charge in [-0.2, -0.15) is 5.10 Å². The van der Waals surface area contributed by atoms with Crippen LogP contribution in [0.25, 0.3) is 0 Å². The van der Waals surface area contributed by atoms with Crippen molar-refractivity contribution in [3.05, 3.63) is 12.2 Å². The van der Waals surface area contributed by atoms with Crippen LogP contribution in [0, 0.1) is 5.92 Å². The molecule has 0 amide bonds. The number of aryl methyl sites for hydroxylation is 1. The van der Waals surface area contributed by atoms with Gasteiger partial charge in [0, 0.05) is 26.7 Å². The van der Waals surface area contributed by atoms with Crippen molar-refractivity contribution in [3.63, 3.8) is 0 Å². The molecule has 1 atom stereocenters. The first-order chi connectivity index (χ1) is 10.7. The number of likely N-dealkylation sites (tertiary alicyclic amines) is 1. The van der Waals surface area contributed by atoms with E-state index in [4.69, 9.17) is 0 Å². The van der Waals surface area contributed by atoms with Crippen molar-refractivity contribution >= 4 is 29.9 Å². The summed E-state index contributed by atoms with van der Waals surface area (Å²) in [6.07, 6.45) is 4.26. The first kappa shape index (κ1) is 20.1. The van der Waals surface area contributed by atoms with Crippen molar-refractivity contribution in [1.29, 1.82) is 0 Å². The first-order valence-electron chi connectivity index (χ1n) is 8.26. The Bertz CT molecular complexity index is 468. The third-order valence-corrected chi connectivity index (χ3v) is 3.91. The summed E-state index contributed by atoms with van der Waals surface area (Å²) >= 11 is 0. The van der Waals surface area contributed by atoms with E-state index in [2.05, 4.69) is 44.5 Å². The average Bonchev–Trinajstić information content (AvgIpc) is 3.14. The van der Waals surface area contributed by atoms with Crippen molar-refractivity contribution in [3.8, 4) is 0 Å². The van der Waals surface area contributed by atoms with Crippen LogP contribution < -0.4 is 10.6 Å². The monoisotopic (exact) mass is 435 g/mol. The van der Waals surface area contributed by atoms with E-state index in [-0.39, 0.29) is 24.0 Å². The molecule has 1 aliphatic rings. The summed E-state index contributed by atoms with van der Waals surface area (Å²) in [6.45, 7) is 10.4. The maximum atomic E-state index is 4.58. The van der Waals surface area contributed by atoms with E-state index >= 15 is 0 Å². The molecule has 2 heterocycles. The van der Waals surface area contributed by atoms with Crippen LogP contribution in [0.2, 0.25) is 0 Å². The zero-order chi connectivity index (χ0) is 15.8. The van der Waals surface area contributed by atoms with Crippen molar-refractivity contribution in [2.75, 3.05) is 32.7 Å². The van der Waals surface area contributed by atoms with Crippen molar-refractivity contribution in [1.82, 2.24) is 30.3 Å². The van der Waals surface area contributed by atoms with Gasteiger partial charge in [-0.3, -0.25) is 4.68 Å². The van der Waals surface area contributed by atoms with Crippen LogP contribution in [0.4, 0.5) is 0 Å². The number of hydrogen-bond acceptors (Lipinski definition) is 4. The number of aromatic nitrogens is 3. The Morgan fingerprint density at radius 2 is 2.09 bits per heavy atom. The van der Waals surface area contributed by atoms with Gasteiger partial charge < -0.3 is 15.5 Å². The highest BCUT2D eigenvalue weighted by molar-refractivity contribution is 14.0. The summed E-state index contributed by atoms with van der Waals surface area (Å²) in [4.78, 5) is 11.3. The first-order valence-corrected chi connectivity index (χ1v) is 8.26. The minimum Gasteiger partial charge on any atom is -0.357 e. The molecule has 1 fully saturated rings. The molecule has 8 heteroatoms. The summed E-state index contributed by atoms with van der Waals surface area (Å²) < 4.78 is 1.75. The molecule has 1 aromatic rings. The normalized spacial score (nSPS) is 16.9. The highest BCUT2D eigenvalue weighted by atomic mass is 127. The van der Waals surface area contributed by atoms with Gasteiger partial charge in [0.05, 0.1) is 0 Å². The molecule has 0 spiro atoms. The molecular formula is C15H30IN7. The molecule has 2 rings (SSSR count). The lowest BCUT2D eigenvalue weighted by Crippen LogP contribution is -2.41. The quantitative estimate of drug-likeness (QED) is 0.383. The predicted octanol–water partition coefficient (Wildman–Crippen LogP) is 1.22. The number of nitrogens with one attached hydrogen (secondary N) is 2. The summed E-state index contributed by atoms with van der Waals surface area (Å²) in [5.74, 6) is 2.32. The topological polar surface area (TPSA) is 70.4 Å². The summed E-state index contributed by atoms with van der Waals surface area (Å²) in [7, 11) is 1.89. The zero-order valence-electron chi connectivity index (χ0n) is 14.5. The van der Waals surface area contributed by atoms with Crippen LogP contribution in [-0.4, -0.2) is 58.3 Å². The van der Waals surface area contributed by atoms with E-state index in [1.165, 1.54) is 25.9 Å². The summed E-state index contributed by atoms with van der Waals surface area (Å²) in [5, 5.41) is 10.8. The van der Waals surface area contributed by atoms with Gasteiger partial charge in [0.2, 0.25) is 0 Å². The predicted molar refractivity (Wildman–Crippen MR) is 104 cm³/mol. The highest BCUT2D eigenvalue weighted by Crippen LogP contribution is 2.09. The lowest BCUT2D eigenvalue weighted by molar-refractivity contribution is 0.287. The summed E-state index contributed by atoms with van der Waals surface area (Å²) in [6, 6.07) is 0. The van der Waals surface area contributed by atoms with Crippen LogP contribution in [0.3, 0.4) is 0 Å². The fourth-order valence-electron chi connectivity index (χ4n) is 2.70. The molecule has 1 aromatic heterocycles. The lowest BCUT2D eigenvalue weighted by Gasteiger charge is -2.21. The Labute approximate surface area is 156 Å². The van der Waals surface area contributed by atoms with E-state index in [9.17, 15) is 0 Å². The molecule has 2 N–H and O–H groups in total. The second kappa shape index (κ2) is 10.8. The molecule has 23 heavy (non-hydrogen) atoms. The summed E-state index contributed by atoms with van der Waals surface area (Å²) in [5.41, 5.74) is 0. The number of nitrogens with zero attached hydrogens (tertiary/aromatic N) is 5. The lowest BCUT2D eigenvalue weighted by atomic mass is 10.1. The molecule has 0 radical (unpaired) electrons. The fraction of sp³-hybridized carbons (Fsp3) is 0.800. The van der Waals surface area contributed by atoms with Crippen LogP contribution in [0.5, 0.6) is 0 Å². The molecule has 1 aliphatic heterocycles. The zero-order valence-corrected chi connectivity index (χ0v) is 16.8. The van der Waals surface area contributed by atoms with Crippen molar-refractivity contribution < 1.29 is 0 Å². The molecule has 0 bridgehead atoms. The third-order valence-electron chi connectivity index (χ3n) is 3.91. The van der Waals surface area contributed by atoms with Gasteiger partial charge in [-0.1, -0.05) is 6.92 Å². The third kappa shape index (κ3) is 7.03. The molecule has 0 aromatic carbocycles. The standard InChI is InChI=1S/C15H29N7.HI/c1-4-16-15(18-10-14-19-12-20-21(14)3)17-9-13(2)11-22-7-5-6-8-22;/h12-13H,4-11H2,1-3H3,(H2,16,17,18);1H. The highest BCUT2D eigenvalue weighted by Gasteiger charge is 2.14. The fourth-order valence-corrected chi connectivity index (χ4v) is 2.70. The van der Waals surface area contributed by atoms with E-state index in [0.29, 0.717) is 12.5 Å². The van der Waals surface area contributed by atoms with Gasteiger partial charge in [0.1, 0.15) is 18.7 Å². The van der Waals surface area contributed by atoms with Crippen LogP contribution >= 0.6 is 24.0 Å². The van der Waals surface area contributed by atoms with Crippen LogP contribution in [0.1, 0.15) is 32.5 Å². The van der Waals surface area contributed by atoms with Gasteiger partial charge in [0.25, 0.3) is 0 Å². The second-order valence-corrected chi connectivity index (χ2v) is 5.99. The van der Waals surface area contributed by atoms with Crippen molar-refractivity contribution in [2.45, 2.75) is 33.2 Å². The Kier molecular flexibility index (Phi) is 9.46. The number of halogens is 1. The minimum absolute atomic E-state index is 0. The second-order valence-electron chi connectivity index (χ2n) is 5.99.